The Hall–Kier alpha value is -1.35. The Balaban J connectivity index is 4.38. The molecule has 0 saturated heterocycles. The second-order valence-corrected chi connectivity index (χ2v) is 7.06. The van der Waals surface area contributed by atoms with Crippen molar-refractivity contribution in [1.82, 2.24) is 14.5 Å². The molecule has 0 aromatic carbocycles. The van der Waals surface area contributed by atoms with Gasteiger partial charge in [-0.1, -0.05) is 0 Å². The second-order valence-electron chi connectivity index (χ2n) is 4.76. The van der Waals surface area contributed by atoms with E-state index >= 15 is 0 Å². The molecule has 0 radical (unpaired) electrons. The maximum Gasteiger partial charge on any atom is 0.317 e. The number of carboxylic acids is 1. The van der Waals surface area contributed by atoms with Gasteiger partial charge in [0.15, 0.2) is 0 Å². The highest BCUT2D eigenvalue weighted by Gasteiger charge is 2.19. The predicted octanol–water partition coefficient (Wildman–Crippen LogP) is -0.227. The SMILES string of the molecule is CC(C)N(CCC(=O)O)C(=O)NCCS(=O)(=O)N(C)C. The van der Waals surface area contributed by atoms with Gasteiger partial charge < -0.3 is 15.3 Å². The molecule has 0 aromatic heterocycles. The lowest BCUT2D eigenvalue weighted by atomic mass is 10.3. The molecule has 0 bridgehead atoms. The molecule has 0 aliphatic rings. The first-order valence-corrected chi connectivity index (χ1v) is 7.85. The van der Waals surface area contributed by atoms with Gasteiger partial charge in [0, 0.05) is 33.2 Å². The van der Waals surface area contributed by atoms with Crippen LogP contribution >= 0.6 is 0 Å². The molecule has 0 rings (SSSR count). The van der Waals surface area contributed by atoms with E-state index in [1.807, 2.05) is 0 Å². The Morgan fingerprint density at radius 2 is 1.80 bits per heavy atom. The monoisotopic (exact) mass is 309 g/mol. The van der Waals surface area contributed by atoms with Crippen molar-refractivity contribution in [2.75, 3.05) is 32.9 Å². The van der Waals surface area contributed by atoms with Crippen LogP contribution in [0.15, 0.2) is 0 Å². The lowest BCUT2D eigenvalue weighted by molar-refractivity contribution is -0.137. The molecule has 0 aliphatic carbocycles. The number of sulfonamides is 1. The summed E-state index contributed by atoms with van der Waals surface area (Å²) in [5.74, 6) is -1.19. The van der Waals surface area contributed by atoms with Crippen LogP contribution in [-0.4, -0.2) is 73.7 Å². The molecule has 0 spiro atoms. The number of hydrogen-bond donors (Lipinski definition) is 2. The number of urea groups is 1. The largest absolute Gasteiger partial charge is 0.481 e. The highest BCUT2D eigenvalue weighted by molar-refractivity contribution is 7.89. The average Bonchev–Trinajstić information content (AvgIpc) is 2.27. The zero-order chi connectivity index (χ0) is 15.9. The summed E-state index contributed by atoms with van der Waals surface area (Å²) in [6.45, 7) is 3.59. The quantitative estimate of drug-likeness (QED) is 0.644. The van der Waals surface area contributed by atoms with Crippen molar-refractivity contribution in [3.8, 4) is 0 Å². The smallest absolute Gasteiger partial charge is 0.317 e. The van der Waals surface area contributed by atoms with Gasteiger partial charge in [-0.25, -0.2) is 17.5 Å². The fraction of sp³-hybridized carbons (Fsp3) is 0.818. The van der Waals surface area contributed by atoms with Gasteiger partial charge in [0.2, 0.25) is 10.0 Å². The zero-order valence-electron chi connectivity index (χ0n) is 12.3. The van der Waals surface area contributed by atoms with Crippen molar-refractivity contribution in [2.45, 2.75) is 26.3 Å². The van der Waals surface area contributed by atoms with Gasteiger partial charge in [0.05, 0.1) is 12.2 Å². The highest BCUT2D eigenvalue weighted by atomic mass is 32.2. The Bertz CT molecular complexity index is 433. The molecule has 20 heavy (non-hydrogen) atoms. The van der Waals surface area contributed by atoms with Crippen molar-refractivity contribution >= 4 is 22.0 Å². The first-order chi connectivity index (χ1) is 9.08. The van der Waals surface area contributed by atoms with E-state index < -0.39 is 22.0 Å². The maximum atomic E-state index is 11.9. The molecule has 0 aliphatic heterocycles. The van der Waals surface area contributed by atoms with E-state index in [4.69, 9.17) is 5.11 Å². The van der Waals surface area contributed by atoms with Crippen molar-refractivity contribution in [1.29, 1.82) is 0 Å². The van der Waals surface area contributed by atoms with E-state index in [2.05, 4.69) is 5.32 Å². The topological polar surface area (TPSA) is 107 Å². The van der Waals surface area contributed by atoms with Crippen LogP contribution in [0.5, 0.6) is 0 Å². The standard InChI is InChI=1S/C11H23N3O5S/c1-9(2)14(7-5-10(15)16)11(17)12-6-8-20(18,19)13(3)4/h9H,5-8H2,1-4H3,(H,12,17)(H,15,16). The predicted molar refractivity (Wildman–Crippen MR) is 75.0 cm³/mol. The third-order valence-corrected chi connectivity index (χ3v) is 4.48. The minimum Gasteiger partial charge on any atom is -0.481 e. The van der Waals surface area contributed by atoms with E-state index in [0.717, 1.165) is 4.31 Å². The molecule has 2 N–H and O–H groups in total. The molecule has 0 unspecified atom stereocenters. The fourth-order valence-corrected chi connectivity index (χ4v) is 2.11. The van der Waals surface area contributed by atoms with Crippen molar-refractivity contribution in [2.24, 2.45) is 0 Å². The number of hydrogen-bond acceptors (Lipinski definition) is 4. The second kappa shape index (κ2) is 8.05. The van der Waals surface area contributed by atoms with Gasteiger partial charge >= 0.3 is 12.0 Å². The first kappa shape index (κ1) is 18.7. The molecule has 8 nitrogen and oxygen atoms in total. The molecular weight excluding hydrogens is 286 g/mol. The molecule has 0 saturated carbocycles. The number of carbonyl (C=O) groups excluding carboxylic acids is 1. The summed E-state index contributed by atoms with van der Waals surface area (Å²) in [5.41, 5.74) is 0. The first-order valence-electron chi connectivity index (χ1n) is 6.24. The summed E-state index contributed by atoms with van der Waals surface area (Å²) in [6, 6.07) is -0.630. The lowest BCUT2D eigenvalue weighted by Gasteiger charge is -2.26. The Labute approximate surface area is 119 Å². The number of amides is 2. The molecule has 2 amide bonds. The number of carbonyl (C=O) groups is 2. The van der Waals surface area contributed by atoms with Crippen LogP contribution in [-0.2, 0) is 14.8 Å². The fourth-order valence-electron chi connectivity index (χ4n) is 1.38. The molecule has 9 heteroatoms. The third-order valence-electron chi connectivity index (χ3n) is 2.64. The number of rotatable bonds is 8. The van der Waals surface area contributed by atoms with Crippen LogP contribution in [0.3, 0.4) is 0 Å². The average molecular weight is 309 g/mol. The minimum absolute atomic E-state index is 0.0182. The number of aliphatic carboxylic acids is 1. The maximum absolute atomic E-state index is 11.9. The van der Waals surface area contributed by atoms with Crippen LogP contribution in [0.25, 0.3) is 0 Å². The lowest BCUT2D eigenvalue weighted by Crippen LogP contribution is -2.46. The Kier molecular flexibility index (Phi) is 7.51. The summed E-state index contributed by atoms with van der Waals surface area (Å²) < 4.78 is 24.1. The summed E-state index contributed by atoms with van der Waals surface area (Å²) >= 11 is 0. The van der Waals surface area contributed by atoms with E-state index in [1.54, 1.807) is 13.8 Å². The summed E-state index contributed by atoms with van der Waals surface area (Å²) in [4.78, 5) is 23.8. The Morgan fingerprint density at radius 1 is 1.25 bits per heavy atom. The zero-order valence-corrected chi connectivity index (χ0v) is 13.1. The van der Waals surface area contributed by atoms with Crippen LogP contribution in [0.4, 0.5) is 4.79 Å². The molecule has 0 atom stereocenters. The minimum atomic E-state index is -3.36. The number of nitrogens with zero attached hydrogens (tertiary/aromatic N) is 2. The molecule has 0 aromatic rings. The van der Waals surface area contributed by atoms with Crippen molar-refractivity contribution in [3.63, 3.8) is 0 Å². The van der Waals surface area contributed by atoms with Crippen molar-refractivity contribution < 1.29 is 23.1 Å². The normalized spacial score (nSPS) is 11.7. The Morgan fingerprint density at radius 3 is 2.20 bits per heavy atom. The van der Waals surface area contributed by atoms with E-state index in [9.17, 15) is 18.0 Å². The molecular formula is C11H23N3O5S. The van der Waals surface area contributed by atoms with E-state index in [0.29, 0.717) is 0 Å². The van der Waals surface area contributed by atoms with Gasteiger partial charge in [0.25, 0.3) is 0 Å². The van der Waals surface area contributed by atoms with E-state index in [1.165, 1.54) is 19.0 Å². The molecule has 118 valence electrons. The molecule has 0 fully saturated rings. The van der Waals surface area contributed by atoms with Gasteiger partial charge in [-0.15, -0.1) is 0 Å². The van der Waals surface area contributed by atoms with Gasteiger partial charge in [-0.05, 0) is 13.8 Å². The summed E-state index contributed by atoms with van der Waals surface area (Å²) in [5, 5.41) is 11.1. The van der Waals surface area contributed by atoms with Crippen LogP contribution in [0.1, 0.15) is 20.3 Å². The molecule has 0 heterocycles. The van der Waals surface area contributed by atoms with E-state index in [-0.39, 0.29) is 31.3 Å². The number of carboxylic acid groups (broad SMARTS) is 1. The third kappa shape index (κ3) is 6.71. The van der Waals surface area contributed by atoms with Crippen LogP contribution in [0.2, 0.25) is 0 Å². The van der Waals surface area contributed by atoms with Gasteiger partial charge in [-0.3, -0.25) is 4.79 Å². The van der Waals surface area contributed by atoms with Gasteiger partial charge in [0.1, 0.15) is 0 Å². The highest BCUT2D eigenvalue weighted by Crippen LogP contribution is 2.01. The van der Waals surface area contributed by atoms with Crippen LogP contribution < -0.4 is 5.32 Å². The van der Waals surface area contributed by atoms with Gasteiger partial charge in [-0.2, -0.15) is 0 Å². The summed E-state index contributed by atoms with van der Waals surface area (Å²) in [7, 11) is -0.517. The number of nitrogens with one attached hydrogen (secondary N) is 1. The van der Waals surface area contributed by atoms with Crippen molar-refractivity contribution in [3.05, 3.63) is 0 Å². The van der Waals surface area contributed by atoms with Crippen LogP contribution in [0, 0.1) is 0 Å². The summed E-state index contributed by atoms with van der Waals surface area (Å²) in [6.07, 6.45) is -0.151.